The molecule has 0 spiro atoms. The van der Waals surface area contributed by atoms with Gasteiger partial charge >= 0.3 is 0 Å². The minimum absolute atomic E-state index is 0.160. The van der Waals surface area contributed by atoms with Crippen LogP contribution in [0.4, 0.5) is 5.69 Å². The van der Waals surface area contributed by atoms with Crippen molar-refractivity contribution in [1.82, 2.24) is 9.80 Å². The van der Waals surface area contributed by atoms with E-state index in [0.717, 1.165) is 29.2 Å². The molecular weight excluding hydrogens is 478 g/mol. The normalized spacial score (nSPS) is 15.6. The van der Waals surface area contributed by atoms with E-state index in [2.05, 4.69) is 4.90 Å². The molecule has 1 fully saturated rings. The molecule has 0 atom stereocenters. The highest BCUT2D eigenvalue weighted by molar-refractivity contribution is 7.92. The molecule has 3 aromatic carbocycles. The Kier molecular flexibility index (Phi) is 6.84. The van der Waals surface area contributed by atoms with Crippen LogP contribution in [0.25, 0.3) is 0 Å². The average molecular weight is 508 g/mol. The van der Waals surface area contributed by atoms with Crippen LogP contribution in [-0.2, 0) is 21.4 Å². The summed E-state index contributed by atoms with van der Waals surface area (Å²) in [5, 5.41) is 0. The fraction of sp³-hybridized carbons (Fsp3) is 0.296. The number of carbonyl (C=O) groups excluding carboxylic acids is 1. The number of hydrogen-bond donors (Lipinski definition) is 0. The summed E-state index contributed by atoms with van der Waals surface area (Å²) in [7, 11) is -3.91. The average Bonchev–Trinajstić information content (AvgIpc) is 3.36. The van der Waals surface area contributed by atoms with E-state index < -0.39 is 10.0 Å². The maximum Gasteiger partial charge on any atom is 0.264 e. The first-order valence-electron chi connectivity index (χ1n) is 11.9. The van der Waals surface area contributed by atoms with Crippen LogP contribution >= 0.6 is 0 Å². The number of nitrogens with zero attached hydrogens (tertiary/aromatic N) is 3. The van der Waals surface area contributed by atoms with E-state index in [1.54, 1.807) is 53.4 Å². The third-order valence-electron chi connectivity index (χ3n) is 6.47. The molecule has 5 rings (SSSR count). The van der Waals surface area contributed by atoms with Gasteiger partial charge in [-0.25, -0.2) is 8.42 Å². The maximum atomic E-state index is 13.5. The van der Waals surface area contributed by atoms with E-state index in [0.29, 0.717) is 31.9 Å². The topological polar surface area (TPSA) is 79.4 Å². The smallest absolute Gasteiger partial charge is 0.264 e. The first kappa shape index (κ1) is 24.1. The third kappa shape index (κ3) is 5.17. The summed E-state index contributed by atoms with van der Waals surface area (Å²) in [5.74, 6) is 1.31. The lowest BCUT2D eigenvalue weighted by Gasteiger charge is -2.36. The van der Waals surface area contributed by atoms with Crippen LogP contribution in [0.1, 0.15) is 11.1 Å². The van der Waals surface area contributed by atoms with E-state index >= 15 is 0 Å². The fourth-order valence-corrected chi connectivity index (χ4v) is 5.92. The second-order valence-corrected chi connectivity index (χ2v) is 10.9. The Morgan fingerprint density at radius 3 is 2.39 bits per heavy atom. The molecule has 0 saturated carbocycles. The lowest BCUT2D eigenvalue weighted by atomic mass is 10.1. The summed E-state index contributed by atoms with van der Waals surface area (Å²) in [6, 6.07) is 21.4. The standard InChI is InChI=1S/C27H29N3O5S/c1-21-6-5-7-23(16-21)30(36(32,33)24-8-3-2-4-9-24)19-27(31)29-14-12-28(13-15-29)18-22-10-11-25-26(17-22)35-20-34-25/h2-11,16-17H,12-15,18-20H2,1H3. The molecule has 9 heteroatoms. The Labute approximate surface area is 211 Å². The second kappa shape index (κ2) is 10.2. The molecule has 2 aliphatic rings. The number of carbonyl (C=O) groups is 1. The highest BCUT2D eigenvalue weighted by Gasteiger charge is 2.30. The summed E-state index contributed by atoms with van der Waals surface area (Å²) < 4.78 is 39.1. The molecule has 36 heavy (non-hydrogen) atoms. The number of sulfonamides is 1. The molecule has 2 heterocycles. The molecule has 1 saturated heterocycles. The summed E-state index contributed by atoms with van der Waals surface area (Å²) in [6.07, 6.45) is 0. The van der Waals surface area contributed by atoms with E-state index in [9.17, 15) is 13.2 Å². The Morgan fingerprint density at radius 2 is 1.64 bits per heavy atom. The van der Waals surface area contributed by atoms with Crippen molar-refractivity contribution >= 4 is 21.6 Å². The number of benzene rings is 3. The number of aryl methyl sites for hydroxylation is 1. The van der Waals surface area contributed by atoms with Crippen LogP contribution in [-0.4, -0.2) is 63.6 Å². The summed E-state index contributed by atoms with van der Waals surface area (Å²) >= 11 is 0. The van der Waals surface area contributed by atoms with Crippen molar-refractivity contribution in [2.75, 3.05) is 43.8 Å². The molecule has 0 N–H and O–H groups in total. The monoisotopic (exact) mass is 507 g/mol. The van der Waals surface area contributed by atoms with E-state index in [4.69, 9.17) is 9.47 Å². The number of rotatable bonds is 7. The number of amides is 1. The first-order valence-corrected chi connectivity index (χ1v) is 13.4. The molecule has 2 aliphatic heterocycles. The van der Waals surface area contributed by atoms with Crippen molar-refractivity contribution in [2.24, 2.45) is 0 Å². The van der Waals surface area contributed by atoms with Gasteiger partial charge in [-0.2, -0.15) is 0 Å². The summed E-state index contributed by atoms with van der Waals surface area (Å²) in [6.45, 7) is 5.13. The molecule has 0 bridgehead atoms. The zero-order chi connectivity index (χ0) is 25.1. The van der Waals surface area contributed by atoms with Crippen molar-refractivity contribution < 1.29 is 22.7 Å². The second-order valence-electron chi connectivity index (χ2n) is 9.01. The van der Waals surface area contributed by atoms with Crippen LogP contribution in [0, 0.1) is 6.92 Å². The maximum absolute atomic E-state index is 13.5. The van der Waals surface area contributed by atoms with Crippen molar-refractivity contribution in [3.8, 4) is 11.5 Å². The van der Waals surface area contributed by atoms with Crippen molar-refractivity contribution in [2.45, 2.75) is 18.4 Å². The Hall–Kier alpha value is -3.56. The largest absolute Gasteiger partial charge is 0.454 e. The van der Waals surface area contributed by atoms with Gasteiger partial charge in [-0.15, -0.1) is 0 Å². The Bertz CT molecular complexity index is 1340. The summed E-state index contributed by atoms with van der Waals surface area (Å²) in [4.78, 5) is 17.5. The van der Waals surface area contributed by atoms with Gasteiger partial charge in [0.1, 0.15) is 6.54 Å². The number of ether oxygens (including phenoxy) is 2. The molecule has 0 radical (unpaired) electrons. The molecule has 0 unspecified atom stereocenters. The van der Waals surface area contributed by atoms with Gasteiger partial charge in [0.15, 0.2) is 11.5 Å². The molecule has 8 nitrogen and oxygen atoms in total. The molecular formula is C27H29N3O5S. The molecule has 0 aliphatic carbocycles. The number of anilines is 1. The van der Waals surface area contributed by atoms with Crippen molar-refractivity contribution in [3.05, 3.63) is 83.9 Å². The van der Waals surface area contributed by atoms with Crippen molar-refractivity contribution in [1.29, 1.82) is 0 Å². The van der Waals surface area contributed by atoms with Crippen LogP contribution in [0.15, 0.2) is 77.7 Å². The first-order chi connectivity index (χ1) is 17.4. The predicted octanol–water partition coefficient (Wildman–Crippen LogP) is 3.26. The van der Waals surface area contributed by atoms with E-state index in [-0.39, 0.29) is 24.1 Å². The van der Waals surface area contributed by atoms with E-state index in [1.165, 1.54) is 4.31 Å². The van der Waals surface area contributed by atoms with Gasteiger partial charge in [-0.3, -0.25) is 14.0 Å². The van der Waals surface area contributed by atoms with Crippen LogP contribution in [0.5, 0.6) is 11.5 Å². The summed E-state index contributed by atoms with van der Waals surface area (Å²) in [5.41, 5.74) is 2.53. The minimum Gasteiger partial charge on any atom is -0.454 e. The van der Waals surface area contributed by atoms with E-state index in [1.807, 2.05) is 31.2 Å². The fourth-order valence-electron chi connectivity index (χ4n) is 4.49. The number of fused-ring (bicyclic) bond motifs is 1. The predicted molar refractivity (Wildman–Crippen MR) is 137 cm³/mol. The quantitative estimate of drug-likeness (QED) is 0.489. The molecule has 3 aromatic rings. The highest BCUT2D eigenvalue weighted by Crippen LogP contribution is 2.33. The molecule has 188 valence electrons. The zero-order valence-corrected chi connectivity index (χ0v) is 21.0. The van der Waals surface area contributed by atoms with Crippen LogP contribution in [0.2, 0.25) is 0 Å². The molecule has 1 amide bonds. The Morgan fingerprint density at radius 1 is 0.889 bits per heavy atom. The SMILES string of the molecule is Cc1cccc(N(CC(=O)N2CCN(Cc3ccc4c(c3)OCO4)CC2)S(=O)(=O)c2ccccc2)c1. The lowest BCUT2D eigenvalue weighted by molar-refractivity contribution is -0.131. The van der Waals surface area contributed by atoms with Crippen LogP contribution < -0.4 is 13.8 Å². The zero-order valence-electron chi connectivity index (χ0n) is 20.2. The van der Waals surface area contributed by atoms with Gasteiger partial charge in [-0.05, 0) is 54.4 Å². The van der Waals surface area contributed by atoms with Gasteiger partial charge in [0.2, 0.25) is 12.7 Å². The van der Waals surface area contributed by atoms with Gasteiger partial charge in [0.25, 0.3) is 10.0 Å². The van der Waals surface area contributed by atoms with Crippen molar-refractivity contribution in [3.63, 3.8) is 0 Å². The number of piperazine rings is 1. The lowest BCUT2D eigenvalue weighted by Crippen LogP contribution is -2.51. The number of hydrogen-bond acceptors (Lipinski definition) is 6. The highest BCUT2D eigenvalue weighted by atomic mass is 32.2. The molecule has 0 aromatic heterocycles. The minimum atomic E-state index is -3.91. The van der Waals surface area contributed by atoms with Crippen LogP contribution in [0.3, 0.4) is 0 Å². The Balaban J connectivity index is 1.26. The van der Waals surface area contributed by atoms with Gasteiger partial charge in [0.05, 0.1) is 10.6 Å². The van der Waals surface area contributed by atoms with Gasteiger partial charge in [-0.1, -0.05) is 36.4 Å². The van der Waals surface area contributed by atoms with Gasteiger partial charge < -0.3 is 14.4 Å². The van der Waals surface area contributed by atoms with Gasteiger partial charge in [0, 0.05) is 32.7 Å². The third-order valence-corrected chi connectivity index (χ3v) is 8.26.